The maximum atomic E-state index is 12.4. The number of rotatable bonds is 4. The van der Waals surface area contributed by atoms with Crippen molar-refractivity contribution in [3.63, 3.8) is 0 Å². The first kappa shape index (κ1) is 16.1. The van der Waals surface area contributed by atoms with Gasteiger partial charge in [-0.3, -0.25) is 9.59 Å². The molecule has 1 saturated carbocycles. The summed E-state index contributed by atoms with van der Waals surface area (Å²) in [6.45, 7) is 2.07. The van der Waals surface area contributed by atoms with Gasteiger partial charge in [0.15, 0.2) is 0 Å². The molecule has 118 valence electrons. The van der Waals surface area contributed by atoms with Crippen LogP contribution < -0.4 is 5.32 Å². The highest BCUT2D eigenvalue weighted by molar-refractivity contribution is 5.85. The molecule has 1 fully saturated rings. The van der Waals surface area contributed by atoms with E-state index in [4.69, 9.17) is 0 Å². The topological polar surface area (TPSA) is 66.4 Å². The van der Waals surface area contributed by atoms with Crippen molar-refractivity contribution in [2.24, 2.45) is 17.8 Å². The second kappa shape index (κ2) is 7.62. The van der Waals surface area contributed by atoms with E-state index in [9.17, 15) is 14.7 Å². The number of amides is 1. The van der Waals surface area contributed by atoms with Crippen LogP contribution >= 0.6 is 0 Å². The van der Waals surface area contributed by atoms with Gasteiger partial charge in [-0.15, -0.1) is 0 Å². The van der Waals surface area contributed by atoms with E-state index in [1.165, 1.54) is 38.5 Å². The summed E-state index contributed by atoms with van der Waals surface area (Å²) in [7, 11) is 0. The highest BCUT2D eigenvalue weighted by Gasteiger charge is 2.35. The Morgan fingerprint density at radius 2 is 1.62 bits per heavy atom. The molecule has 2 N–H and O–H groups in total. The van der Waals surface area contributed by atoms with Crippen molar-refractivity contribution in [3.05, 3.63) is 12.2 Å². The third kappa shape index (κ3) is 4.32. The molecule has 0 radical (unpaired) electrons. The highest BCUT2D eigenvalue weighted by Crippen LogP contribution is 2.28. The fraction of sp³-hybridized carbons (Fsp3) is 0.765. The number of carboxylic acids is 1. The molecule has 0 heterocycles. The van der Waals surface area contributed by atoms with Gasteiger partial charge in [0.05, 0.1) is 11.8 Å². The van der Waals surface area contributed by atoms with Crippen LogP contribution in [0.2, 0.25) is 0 Å². The molecule has 4 nitrogen and oxygen atoms in total. The number of carbonyl (C=O) groups excluding carboxylic acids is 1. The van der Waals surface area contributed by atoms with Crippen LogP contribution in [0.1, 0.15) is 58.3 Å². The zero-order valence-electron chi connectivity index (χ0n) is 12.9. The van der Waals surface area contributed by atoms with Crippen molar-refractivity contribution in [1.82, 2.24) is 5.32 Å². The van der Waals surface area contributed by atoms with Crippen molar-refractivity contribution in [2.75, 3.05) is 0 Å². The lowest BCUT2D eigenvalue weighted by Gasteiger charge is -2.29. The lowest BCUT2D eigenvalue weighted by Crippen LogP contribution is -2.45. The predicted octanol–water partition coefficient (Wildman–Crippen LogP) is 3.13. The number of hydrogen-bond acceptors (Lipinski definition) is 2. The number of aliphatic carboxylic acids is 1. The number of hydrogen-bond donors (Lipinski definition) is 2. The van der Waals surface area contributed by atoms with Crippen LogP contribution in [0.15, 0.2) is 12.2 Å². The molecule has 0 aliphatic heterocycles. The minimum atomic E-state index is -0.860. The average Bonchev–Trinajstić information content (AvgIpc) is 2.76. The predicted molar refractivity (Wildman–Crippen MR) is 81.8 cm³/mol. The molecule has 0 bridgehead atoms. The molecular weight excluding hydrogens is 266 g/mol. The zero-order valence-corrected chi connectivity index (χ0v) is 12.9. The minimum absolute atomic E-state index is 0.0801. The van der Waals surface area contributed by atoms with Gasteiger partial charge in [-0.1, -0.05) is 37.8 Å². The SMILES string of the molecule is C[C@@H](NC(=O)C1CC=CCC1C(=O)O)C1CCCCCC1. The summed E-state index contributed by atoms with van der Waals surface area (Å²) in [5.41, 5.74) is 0. The molecule has 21 heavy (non-hydrogen) atoms. The molecule has 0 spiro atoms. The van der Waals surface area contributed by atoms with Gasteiger partial charge in [0.25, 0.3) is 0 Å². The number of carbonyl (C=O) groups is 2. The van der Waals surface area contributed by atoms with Crippen molar-refractivity contribution in [2.45, 2.75) is 64.3 Å². The van der Waals surface area contributed by atoms with Crippen LogP contribution in [0.25, 0.3) is 0 Å². The van der Waals surface area contributed by atoms with E-state index in [2.05, 4.69) is 12.2 Å². The van der Waals surface area contributed by atoms with Gasteiger partial charge in [-0.25, -0.2) is 0 Å². The zero-order chi connectivity index (χ0) is 15.2. The number of nitrogens with one attached hydrogen (secondary N) is 1. The van der Waals surface area contributed by atoms with E-state index in [-0.39, 0.29) is 11.9 Å². The van der Waals surface area contributed by atoms with Crippen molar-refractivity contribution in [3.8, 4) is 0 Å². The summed E-state index contributed by atoms with van der Waals surface area (Å²) < 4.78 is 0. The largest absolute Gasteiger partial charge is 0.481 e. The van der Waals surface area contributed by atoms with E-state index in [1.54, 1.807) is 0 Å². The molecule has 2 aliphatic rings. The first-order valence-electron chi connectivity index (χ1n) is 8.27. The van der Waals surface area contributed by atoms with Crippen LogP contribution in [0, 0.1) is 17.8 Å². The Morgan fingerprint density at radius 3 is 2.19 bits per heavy atom. The molecule has 3 atom stereocenters. The monoisotopic (exact) mass is 293 g/mol. The molecule has 2 unspecified atom stereocenters. The molecule has 0 saturated heterocycles. The van der Waals surface area contributed by atoms with Gasteiger partial charge >= 0.3 is 5.97 Å². The molecule has 1 amide bonds. The third-order valence-electron chi connectivity index (χ3n) is 5.06. The van der Waals surface area contributed by atoms with Crippen LogP contribution in [0.4, 0.5) is 0 Å². The first-order valence-corrected chi connectivity index (χ1v) is 8.27. The highest BCUT2D eigenvalue weighted by atomic mass is 16.4. The average molecular weight is 293 g/mol. The Bertz CT molecular complexity index is 397. The van der Waals surface area contributed by atoms with Gasteiger partial charge in [0.1, 0.15) is 0 Å². The summed E-state index contributed by atoms with van der Waals surface area (Å²) in [5.74, 6) is -1.39. The summed E-state index contributed by atoms with van der Waals surface area (Å²) in [5, 5.41) is 12.4. The summed E-state index contributed by atoms with van der Waals surface area (Å²) in [6, 6.07) is 0.149. The van der Waals surface area contributed by atoms with Crippen molar-refractivity contribution >= 4 is 11.9 Å². The molecular formula is C17H27NO3. The fourth-order valence-electron chi connectivity index (χ4n) is 3.64. The molecule has 4 heteroatoms. The Hall–Kier alpha value is -1.32. The fourth-order valence-corrected chi connectivity index (χ4v) is 3.64. The molecule has 0 aromatic heterocycles. The van der Waals surface area contributed by atoms with Gasteiger partial charge in [0.2, 0.25) is 5.91 Å². The minimum Gasteiger partial charge on any atom is -0.481 e. The van der Waals surface area contributed by atoms with E-state index in [1.807, 2.05) is 12.2 Å². The van der Waals surface area contributed by atoms with Crippen LogP contribution in [0.5, 0.6) is 0 Å². The second-order valence-electron chi connectivity index (χ2n) is 6.54. The summed E-state index contributed by atoms with van der Waals surface area (Å²) in [6.07, 6.45) is 12.2. The van der Waals surface area contributed by atoms with E-state index in [0.717, 1.165) is 0 Å². The first-order chi connectivity index (χ1) is 10.1. The van der Waals surface area contributed by atoms with Crippen LogP contribution in [-0.2, 0) is 9.59 Å². The smallest absolute Gasteiger partial charge is 0.307 e. The molecule has 0 aromatic rings. The van der Waals surface area contributed by atoms with Gasteiger partial charge in [-0.2, -0.15) is 0 Å². The summed E-state index contributed by atoms with van der Waals surface area (Å²) in [4.78, 5) is 23.7. The lowest BCUT2D eigenvalue weighted by atomic mass is 9.82. The van der Waals surface area contributed by atoms with Gasteiger partial charge < -0.3 is 10.4 Å². The van der Waals surface area contributed by atoms with Crippen molar-refractivity contribution in [1.29, 1.82) is 0 Å². The Morgan fingerprint density at radius 1 is 1.05 bits per heavy atom. The number of allylic oxidation sites excluding steroid dienone is 2. The number of carboxylic acid groups (broad SMARTS) is 1. The maximum Gasteiger partial charge on any atom is 0.307 e. The molecule has 2 rings (SSSR count). The molecule has 2 aliphatic carbocycles. The van der Waals surface area contributed by atoms with E-state index in [0.29, 0.717) is 18.8 Å². The van der Waals surface area contributed by atoms with E-state index < -0.39 is 17.8 Å². The van der Waals surface area contributed by atoms with E-state index >= 15 is 0 Å². The Balaban J connectivity index is 1.92. The third-order valence-corrected chi connectivity index (χ3v) is 5.06. The lowest BCUT2D eigenvalue weighted by molar-refractivity contribution is -0.147. The normalized spacial score (nSPS) is 28.6. The van der Waals surface area contributed by atoms with Crippen LogP contribution in [0.3, 0.4) is 0 Å². The standard InChI is InChI=1S/C17H27NO3/c1-12(13-8-4-2-3-5-9-13)18-16(19)14-10-6-7-11-15(14)17(20)21/h6-7,12-15H,2-5,8-11H2,1H3,(H,18,19)(H,20,21)/t12-,14?,15?/m1/s1. The second-order valence-corrected chi connectivity index (χ2v) is 6.54. The molecule has 0 aromatic carbocycles. The Labute approximate surface area is 127 Å². The maximum absolute atomic E-state index is 12.4. The quantitative estimate of drug-likeness (QED) is 0.618. The Kier molecular flexibility index (Phi) is 5.83. The van der Waals surface area contributed by atoms with Gasteiger partial charge in [-0.05, 0) is 38.5 Å². The van der Waals surface area contributed by atoms with Crippen molar-refractivity contribution < 1.29 is 14.7 Å². The van der Waals surface area contributed by atoms with Crippen LogP contribution in [-0.4, -0.2) is 23.0 Å². The summed E-state index contributed by atoms with van der Waals surface area (Å²) >= 11 is 0. The van der Waals surface area contributed by atoms with Gasteiger partial charge in [0, 0.05) is 6.04 Å².